The third-order valence-corrected chi connectivity index (χ3v) is 5.01. The molecule has 2 aromatic rings. The molecule has 26 heavy (non-hydrogen) atoms. The first-order valence-corrected chi connectivity index (χ1v) is 9.57. The Morgan fingerprint density at radius 3 is 2.92 bits per heavy atom. The van der Waals surface area contributed by atoms with Crippen LogP contribution in [0.15, 0.2) is 51.1 Å². The number of hydrogen-bond donors (Lipinski definition) is 1. The van der Waals surface area contributed by atoms with Gasteiger partial charge in [-0.05, 0) is 30.3 Å². The highest BCUT2D eigenvalue weighted by molar-refractivity contribution is 9.10. The predicted molar refractivity (Wildman–Crippen MR) is 106 cm³/mol. The van der Waals surface area contributed by atoms with Crippen molar-refractivity contribution in [3.05, 3.63) is 62.8 Å². The summed E-state index contributed by atoms with van der Waals surface area (Å²) in [6, 6.07) is 9.59. The van der Waals surface area contributed by atoms with Gasteiger partial charge in [0.05, 0.1) is 17.0 Å². The number of ether oxygens (including phenoxy) is 1. The Morgan fingerprint density at radius 1 is 1.35 bits per heavy atom. The maximum absolute atomic E-state index is 13.1. The summed E-state index contributed by atoms with van der Waals surface area (Å²) < 4.78 is 19.8. The zero-order valence-corrected chi connectivity index (χ0v) is 16.4. The molecule has 9 heteroatoms. The quantitative estimate of drug-likeness (QED) is 0.537. The molecule has 1 amide bonds. The molecule has 1 saturated heterocycles. The van der Waals surface area contributed by atoms with E-state index in [0.29, 0.717) is 32.8 Å². The zero-order valence-electron chi connectivity index (χ0n) is 13.2. The fraction of sp³-hybridized carbons (Fsp3) is 0.118. The van der Waals surface area contributed by atoms with Gasteiger partial charge >= 0.3 is 0 Å². The standard InChI is InChI=1S/C17H12BrClFN3O2S/c18-12-2-4-15(25-8-10-1-3-13(20)6-14(10)19)11(5-12)7-21-23-17-22-16(24)9-26-17/h1-7H,8-9H2,(H,22,23,24). The van der Waals surface area contributed by atoms with E-state index in [2.05, 4.69) is 31.4 Å². The molecular weight excluding hydrogens is 445 g/mol. The van der Waals surface area contributed by atoms with Gasteiger partial charge in [-0.15, -0.1) is 5.10 Å². The van der Waals surface area contributed by atoms with E-state index in [4.69, 9.17) is 16.3 Å². The molecule has 0 aromatic heterocycles. The van der Waals surface area contributed by atoms with Gasteiger partial charge in [0.2, 0.25) is 5.91 Å². The summed E-state index contributed by atoms with van der Waals surface area (Å²) in [5, 5.41) is 11.3. The van der Waals surface area contributed by atoms with Gasteiger partial charge in [0.15, 0.2) is 5.17 Å². The molecular formula is C17H12BrClFN3O2S. The normalized spacial score (nSPS) is 15.7. The van der Waals surface area contributed by atoms with Crippen molar-refractivity contribution in [3.63, 3.8) is 0 Å². The molecule has 0 bridgehead atoms. The molecule has 0 unspecified atom stereocenters. The van der Waals surface area contributed by atoms with Crippen LogP contribution in [0.25, 0.3) is 0 Å². The summed E-state index contributed by atoms with van der Waals surface area (Å²) in [6.07, 6.45) is 1.53. The number of hydrogen-bond acceptors (Lipinski definition) is 5. The Morgan fingerprint density at radius 2 is 2.19 bits per heavy atom. The van der Waals surface area contributed by atoms with E-state index < -0.39 is 5.82 Å². The van der Waals surface area contributed by atoms with Crippen LogP contribution >= 0.6 is 39.3 Å². The summed E-state index contributed by atoms with van der Waals surface area (Å²) in [6.45, 7) is 0.183. The lowest BCUT2D eigenvalue weighted by molar-refractivity contribution is -0.116. The van der Waals surface area contributed by atoms with E-state index in [1.165, 1.54) is 30.1 Å². The van der Waals surface area contributed by atoms with Crippen molar-refractivity contribution < 1.29 is 13.9 Å². The molecule has 1 aliphatic heterocycles. The highest BCUT2D eigenvalue weighted by Gasteiger charge is 2.16. The van der Waals surface area contributed by atoms with E-state index in [0.717, 1.165) is 4.47 Å². The number of carbonyl (C=O) groups excluding carboxylic acids is 1. The third kappa shape index (κ3) is 5.06. The largest absolute Gasteiger partial charge is 0.488 e. The lowest BCUT2D eigenvalue weighted by atomic mass is 10.2. The third-order valence-electron chi connectivity index (χ3n) is 3.30. The monoisotopic (exact) mass is 455 g/mol. The maximum Gasteiger partial charge on any atom is 0.236 e. The van der Waals surface area contributed by atoms with Crippen LogP contribution in [0, 0.1) is 5.82 Å². The maximum atomic E-state index is 13.1. The van der Waals surface area contributed by atoms with E-state index in [-0.39, 0.29) is 12.5 Å². The minimum atomic E-state index is -0.397. The van der Waals surface area contributed by atoms with E-state index in [1.807, 2.05) is 12.1 Å². The number of nitrogens with zero attached hydrogens (tertiary/aromatic N) is 2. The first-order valence-electron chi connectivity index (χ1n) is 7.41. The van der Waals surface area contributed by atoms with Gasteiger partial charge in [-0.25, -0.2) is 4.39 Å². The van der Waals surface area contributed by atoms with E-state index in [9.17, 15) is 9.18 Å². The lowest BCUT2D eigenvalue weighted by Crippen LogP contribution is -2.19. The van der Waals surface area contributed by atoms with Crippen LogP contribution in [-0.4, -0.2) is 23.0 Å². The van der Waals surface area contributed by atoms with Crippen LogP contribution in [0.2, 0.25) is 5.02 Å². The lowest BCUT2D eigenvalue weighted by Gasteiger charge is -2.10. The smallest absolute Gasteiger partial charge is 0.236 e. The molecule has 134 valence electrons. The molecule has 0 atom stereocenters. The van der Waals surface area contributed by atoms with Crippen molar-refractivity contribution in [1.82, 2.24) is 5.32 Å². The highest BCUT2D eigenvalue weighted by Crippen LogP contribution is 2.25. The SMILES string of the molecule is O=C1CSC(=NN=Cc2cc(Br)ccc2OCc2ccc(F)cc2Cl)N1. The molecule has 0 spiro atoms. The minimum absolute atomic E-state index is 0.0911. The van der Waals surface area contributed by atoms with Gasteiger partial charge < -0.3 is 10.1 Å². The number of benzene rings is 2. The van der Waals surface area contributed by atoms with Crippen LogP contribution in [-0.2, 0) is 11.4 Å². The summed E-state index contributed by atoms with van der Waals surface area (Å²) in [4.78, 5) is 11.1. The summed E-state index contributed by atoms with van der Waals surface area (Å²) in [5.41, 5.74) is 1.36. The second-order valence-electron chi connectivity index (χ2n) is 5.19. The second-order valence-corrected chi connectivity index (χ2v) is 7.48. The Bertz CT molecular complexity index is 908. The van der Waals surface area contributed by atoms with Crippen LogP contribution < -0.4 is 10.1 Å². The molecule has 3 rings (SSSR count). The molecule has 1 aliphatic rings. The molecule has 2 aromatic carbocycles. The second kappa shape index (κ2) is 8.66. The fourth-order valence-electron chi connectivity index (χ4n) is 2.07. The van der Waals surface area contributed by atoms with Crippen LogP contribution in [0.1, 0.15) is 11.1 Å². The fourth-order valence-corrected chi connectivity index (χ4v) is 3.30. The summed E-state index contributed by atoms with van der Waals surface area (Å²) in [5.74, 6) is 0.427. The summed E-state index contributed by atoms with van der Waals surface area (Å²) in [7, 11) is 0. The van der Waals surface area contributed by atoms with Crippen molar-refractivity contribution in [2.45, 2.75) is 6.61 Å². The minimum Gasteiger partial charge on any atom is -0.488 e. The average molecular weight is 457 g/mol. The van der Waals surface area contributed by atoms with Gasteiger partial charge in [0.1, 0.15) is 18.2 Å². The van der Waals surface area contributed by atoms with Gasteiger partial charge in [0.25, 0.3) is 0 Å². The molecule has 0 aliphatic carbocycles. The Labute approximate surface area is 166 Å². The van der Waals surface area contributed by atoms with Gasteiger partial charge in [-0.1, -0.05) is 45.4 Å². The topological polar surface area (TPSA) is 63.0 Å². The predicted octanol–water partition coefficient (Wildman–Crippen LogP) is 4.37. The Kier molecular flexibility index (Phi) is 6.29. The number of amidine groups is 1. The number of amides is 1. The van der Waals surface area contributed by atoms with E-state index >= 15 is 0 Å². The highest BCUT2D eigenvalue weighted by atomic mass is 79.9. The van der Waals surface area contributed by atoms with Crippen LogP contribution in [0.5, 0.6) is 5.75 Å². The van der Waals surface area contributed by atoms with Crippen LogP contribution in [0.3, 0.4) is 0 Å². The van der Waals surface area contributed by atoms with Crippen molar-refractivity contribution >= 4 is 56.6 Å². The number of carbonyl (C=O) groups is 1. The first kappa shape index (κ1) is 18.9. The molecule has 1 heterocycles. The number of halogens is 3. The molecule has 0 saturated carbocycles. The van der Waals surface area contributed by atoms with Gasteiger partial charge in [-0.2, -0.15) is 5.10 Å². The van der Waals surface area contributed by atoms with Crippen molar-refractivity contribution in [2.75, 3.05) is 5.75 Å². The zero-order chi connectivity index (χ0) is 18.5. The molecule has 1 fully saturated rings. The average Bonchev–Trinajstić information content (AvgIpc) is 3.01. The Balaban J connectivity index is 1.74. The number of rotatable bonds is 5. The van der Waals surface area contributed by atoms with Gasteiger partial charge in [-0.3, -0.25) is 4.79 Å². The van der Waals surface area contributed by atoms with E-state index in [1.54, 1.807) is 12.1 Å². The van der Waals surface area contributed by atoms with Crippen molar-refractivity contribution in [3.8, 4) is 5.75 Å². The van der Waals surface area contributed by atoms with Gasteiger partial charge in [0, 0.05) is 15.6 Å². The number of thioether (sulfide) groups is 1. The first-order chi connectivity index (χ1) is 12.5. The van der Waals surface area contributed by atoms with Crippen LogP contribution in [0.4, 0.5) is 4.39 Å². The molecule has 1 N–H and O–H groups in total. The molecule has 0 radical (unpaired) electrons. The van der Waals surface area contributed by atoms with Crippen molar-refractivity contribution in [2.24, 2.45) is 10.2 Å². The van der Waals surface area contributed by atoms with Crippen molar-refractivity contribution in [1.29, 1.82) is 0 Å². The molecule has 5 nitrogen and oxygen atoms in total. The Hall–Kier alpha value is -1.90. The number of nitrogens with one attached hydrogen (secondary N) is 1. The summed E-state index contributed by atoms with van der Waals surface area (Å²) >= 11 is 10.7.